The molecule has 0 aromatic carbocycles. The van der Waals surface area contributed by atoms with Gasteiger partial charge in [0.05, 0.1) is 6.10 Å². The highest BCUT2D eigenvalue weighted by Crippen LogP contribution is 2.18. The fourth-order valence-corrected chi connectivity index (χ4v) is 5.16. The maximum atomic E-state index is 13.4. The summed E-state index contributed by atoms with van der Waals surface area (Å²) in [6, 6.07) is -0.628. The number of esters is 1. The van der Waals surface area contributed by atoms with E-state index in [2.05, 4.69) is 6.92 Å². The van der Waals surface area contributed by atoms with Crippen LogP contribution in [0.5, 0.6) is 0 Å². The summed E-state index contributed by atoms with van der Waals surface area (Å²) in [5.74, 6) is -1.11. The van der Waals surface area contributed by atoms with Gasteiger partial charge in [0.2, 0.25) is 5.91 Å². The molecule has 41 heavy (non-hydrogen) atoms. The summed E-state index contributed by atoms with van der Waals surface area (Å²) in [4.78, 5) is 38.8. The maximum Gasteiger partial charge on any atom is 0.328 e. The first-order valence-corrected chi connectivity index (χ1v) is 16.9. The zero-order chi connectivity index (χ0) is 30.6. The third-order valence-electron chi connectivity index (χ3n) is 7.65. The number of amides is 1. The van der Waals surface area contributed by atoms with Gasteiger partial charge in [0.15, 0.2) is 0 Å². The molecule has 4 N–H and O–H groups in total. The van der Waals surface area contributed by atoms with Gasteiger partial charge in [0.25, 0.3) is 0 Å². The molecule has 0 aliphatic rings. The normalized spacial score (nSPS) is 12.7. The number of carboxylic acids is 1. The van der Waals surface area contributed by atoms with E-state index in [1.807, 2.05) is 0 Å². The molecule has 8 nitrogen and oxygen atoms in total. The molecule has 242 valence electrons. The van der Waals surface area contributed by atoms with Crippen molar-refractivity contribution in [1.29, 1.82) is 0 Å². The van der Waals surface area contributed by atoms with Crippen molar-refractivity contribution in [2.75, 3.05) is 19.7 Å². The predicted molar refractivity (Wildman–Crippen MR) is 167 cm³/mol. The Balaban J connectivity index is 4.78. The van der Waals surface area contributed by atoms with Gasteiger partial charge >= 0.3 is 11.9 Å². The molecule has 0 aromatic rings. The Labute approximate surface area is 251 Å². The second-order valence-electron chi connectivity index (χ2n) is 11.8. The van der Waals surface area contributed by atoms with E-state index >= 15 is 0 Å². The Morgan fingerprint density at radius 3 is 1.68 bits per heavy atom. The molecule has 0 radical (unpaired) electrons. The van der Waals surface area contributed by atoms with Gasteiger partial charge in [-0.1, -0.05) is 103 Å². The van der Waals surface area contributed by atoms with Crippen molar-refractivity contribution in [1.82, 2.24) is 4.90 Å². The van der Waals surface area contributed by atoms with E-state index in [9.17, 15) is 19.5 Å². The molecule has 0 rings (SSSR count). The molecule has 1 amide bonds. The van der Waals surface area contributed by atoms with Crippen LogP contribution in [0.15, 0.2) is 0 Å². The smallest absolute Gasteiger partial charge is 0.328 e. The van der Waals surface area contributed by atoms with Gasteiger partial charge in [-0.25, -0.2) is 4.79 Å². The van der Waals surface area contributed by atoms with Gasteiger partial charge in [-0.05, 0) is 52.0 Å². The van der Waals surface area contributed by atoms with Crippen molar-refractivity contribution in [2.24, 2.45) is 5.73 Å². The molecule has 2 atom stereocenters. The van der Waals surface area contributed by atoms with E-state index in [0.717, 1.165) is 89.9 Å². The topological polar surface area (TPSA) is 130 Å². The summed E-state index contributed by atoms with van der Waals surface area (Å²) in [6.07, 6.45) is 21.9. The van der Waals surface area contributed by atoms with Crippen LogP contribution in [-0.4, -0.2) is 64.8 Å². The van der Waals surface area contributed by atoms with Crippen LogP contribution >= 0.6 is 0 Å². The number of carboxylic acid groups (broad SMARTS) is 1. The summed E-state index contributed by atoms with van der Waals surface area (Å²) in [6.45, 7) is 4.83. The van der Waals surface area contributed by atoms with Gasteiger partial charge in [0, 0.05) is 19.4 Å². The summed E-state index contributed by atoms with van der Waals surface area (Å²) < 4.78 is 5.39. The molecule has 0 aliphatic carbocycles. The largest absolute Gasteiger partial charge is 0.481 e. The van der Waals surface area contributed by atoms with Crippen LogP contribution in [0.4, 0.5) is 0 Å². The number of carbonyl (C=O) groups excluding carboxylic acids is 2. The Hall–Kier alpha value is -1.67. The number of aliphatic hydroxyl groups excluding tert-OH is 1. The van der Waals surface area contributed by atoms with Crippen molar-refractivity contribution in [3.05, 3.63) is 0 Å². The summed E-state index contributed by atoms with van der Waals surface area (Å²) >= 11 is 0. The Morgan fingerprint density at radius 2 is 1.20 bits per heavy atom. The molecule has 0 aliphatic heterocycles. The standard InChI is InChI=1S/C33H64N2O6/c1-3-4-5-6-7-9-12-15-18-24-31(37)35(30(23-20-21-26-34)33(40)41-28-29(2)36)27-22-17-14-11-8-10-13-16-19-25-32(38)39/h29-30,36H,3-28,34H2,1-2H3,(H,38,39)/t29?,30-/m0/s1. The first kappa shape index (κ1) is 39.3. The number of aliphatic carboxylic acids is 1. The molecule has 1 unspecified atom stereocenters. The van der Waals surface area contributed by atoms with Crippen molar-refractivity contribution >= 4 is 17.8 Å². The first-order valence-electron chi connectivity index (χ1n) is 16.9. The van der Waals surface area contributed by atoms with Crippen LogP contribution in [0.1, 0.15) is 162 Å². The van der Waals surface area contributed by atoms with Gasteiger partial charge in [0.1, 0.15) is 12.6 Å². The second kappa shape index (κ2) is 28.4. The first-order chi connectivity index (χ1) is 19.8. The van der Waals surface area contributed by atoms with E-state index in [0.29, 0.717) is 25.9 Å². The lowest BCUT2D eigenvalue weighted by Gasteiger charge is -2.31. The lowest BCUT2D eigenvalue weighted by atomic mass is 10.0. The highest BCUT2D eigenvalue weighted by atomic mass is 16.5. The fourth-order valence-electron chi connectivity index (χ4n) is 5.16. The quantitative estimate of drug-likeness (QED) is 0.0604. The lowest BCUT2D eigenvalue weighted by molar-refractivity contribution is -0.158. The lowest BCUT2D eigenvalue weighted by Crippen LogP contribution is -2.46. The molecular formula is C33H64N2O6. The third kappa shape index (κ3) is 24.6. The highest BCUT2D eigenvalue weighted by Gasteiger charge is 2.30. The molecule has 0 saturated heterocycles. The van der Waals surface area contributed by atoms with E-state index in [1.54, 1.807) is 11.8 Å². The molecule has 0 heterocycles. The van der Waals surface area contributed by atoms with Gasteiger partial charge < -0.3 is 25.6 Å². The monoisotopic (exact) mass is 584 g/mol. The molecule has 0 fully saturated rings. The maximum absolute atomic E-state index is 13.4. The van der Waals surface area contributed by atoms with E-state index < -0.39 is 24.1 Å². The number of nitrogens with zero attached hydrogens (tertiary/aromatic N) is 1. The summed E-state index contributed by atoms with van der Waals surface area (Å²) in [5, 5.41) is 18.3. The van der Waals surface area contributed by atoms with E-state index in [4.69, 9.17) is 15.6 Å². The van der Waals surface area contributed by atoms with Crippen molar-refractivity contribution in [3.8, 4) is 0 Å². The molecule has 0 aromatic heterocycles. The van der Waals surface area contributed by atoms with Crippen molar-refractivity contribution < 1.29 is 29.3 Å². The minimum absolute atomic E-state index is 0.0288. The Morgan fingerprint density at radius 1 is 0.707 bits per heavy atom. The zero-order valence-electron chi connectivity index (χ0n) is 26.6. The third-order valence-corrected chi connectivity index (χ3v) is 7.65. The molecule has 0 saturated carbocycles. The minimum atomic E-state index is -0.744. The number of nitrogens with two attached hydrogens (primary N) is 1. The predicted octanol–water partition coefficient (Wildman–Crippen LogP) is 7.14. The molecule has 8 heteroatoms. The van der Waals surface area contributed by atoms with Crippen molar-refractivity contribution in [2.45, 2.75) is 174 Å². The Bertz CT molecular complexity index is 643. The van der Waals surface area contributed by atoms with Crippen LogP contribution in [0.25, 0.3) is 0 Å². The SMILES string of the molecule is CCCCCCCCCCCC(=O)N(CCCCCCCCCCCC(=O)O)[C@@H](CCCCN)C(=O)OCC(C)O. The number of carbonyl (C=O) groups is 3. The van der Waals surface area contributed by atoms with Crippen LogP contribution < -0.4 is 5.73 Å². The molecule has 0 spiro atoms. The second-order valence-corrected chi connectivity index (χ2v) is 11.8. The van der Waals surface area contributed by atoms with Crippen LogP contribution in [0, 0.1) is 0 Å². The minimum Gasteiger partial charge on any atom is -0.481 e. The van der Waals surface area contributed by atoms with E-state index in [-0.39, 0.29) is 18.9 Å². The number of hydrogen-bond donors (Lipinski definition) is 3. The molecule has 0 bridgehead atoms. The van der Waals surface area contributed by atoms with Crippen molar-refractivity contribution in [3.63, 3.8) is 0 Å². The highest BCUT2D eigenvalue weighted by molar-refractivity contribution is 5.84. The number of aliphatic hydroxyl groups is 1. The fraction of sp³-hybridized carbons (Fsp3) is 0.909. The van der Waals surface area contributed by atoms with Crippen LogP contribution in [0.2, 0.25) is 0 Å². The number of ether oxygens (including phenoxy) is 1. The number of rotatable bonds is 30. The number of unbranched alkanes of at least 4 members (excludes halogenated alkanes) is 17. The van der Waals surface area contributed by atoms with Crippen LogP contribution in [-0.2, 0) is 19.1 Å². The average molecular weight is 585 g/mol. The Kier molecular flexibility index (Phi) is 27.3. The van der Waals surface area contributed by atoms with Gasteiger partial charge in [-0.2, -0.15) is 0 Å². The average Bonchev–Trinajstić information content (AvgIpc) is 2.94. The van der Waals surface area contributed by atoms with Gasteiger partial charge in [-0.15, -0.1) is 0 Å². The number of hydrogen-bond acceptors (Lipinski definition) is 6. The summed E-state index contributed by atoms with van der Waals surface area (Å²) in [7, 11) is 0. The zero-order valence-corrected chi connectivity index (χ0v) is 26.6. The van der Waals surface area contributed by atoms with Crippen LogP contribution in [0.3, 0.4) is 0 Å². The van der Waals surface area contributed by atoms with Gasteiger partial charge in [-0.3, -0.25) is 9.59 Å². The molecular weight excluding hydrogens is 520 g/mol. The summed E-state index contributed by atoms with van der Waals surface area (Å²) in [5.41, 5.74) is 5.70. The van der Waals surface area contributed by atoms with E-state index in [1.165, 1.54) is 38.5 Å².